The molecule has 0 saturated heterocycles. The van der Waals surface area contributed by atoms with E-state index >= 15 is 0 Å². The highest BCUT2D eigenvalue weighted by Gasteiger charge is 2.34. The molecule has 2 aliphatic heterocycles. The number of ether oxygens (including phenoxy) is 1. The van der Waals surface area contributed by atoms with Crippen LogP contribution in [0.3, 0.4) is 0 Å². The summed E-state index contributed by atoms with van der Waals surface area (Å²) in [7, 11) is 1.92. The van der Waals surface area contributed by atoms with Crippen LogP contribution in [0.4, 0.5) is 0 Å². The van der Waals surface area contributed by atoms with E-state index in [1.165, 1.54) is 18.4 Å². The quantitative estimate of drug-likeness (QED) is 0.602. The number of hydrogen-bond acceptors (Lipinski definition) is 5. The number of dihydropyridines is 1. The molecule has 4 rings (SSSR count). The van der Waals surface area contributed by atoms with Crippen molar-refractivity contribution in [1.82, 2.24) is 20.9 Å². The third-order valence-electron chi connectivity index (χ3n) is 6.27. The molecule has 3 N–H and O–H groups in total. The molecule has 0 unspecified atom stereocenters. The van der Waals surface area contributed by atoms with Crippen molar-refractivity contribution in [2.24, 2.45) is 0 Å². The summed E-state index contributed by atoms with van der Waals surface area (Å²) >= 11 is 6.65. The lowest BCUT2D eigenvalue weighted by molar-refractivity contribution is 0.0391. The molecule has 0 aromatic heterocycles. The molecule has 166 valence electrons. The number of carbonyl (C=O) groups excluding carboxylic acids is 1. The van der Waals surface area contributed by atoms with Crippen molar-refractivity contribution in [1.29, 1.82) is 0 Å². The minimum Gasteiger partial charge on any atom is -0.471 e. The smallest absolute Gasteiger partial charge is 0.260 e. The summed E-state index contributed by atoms with van der Waals surface area (Å²) in [4.78, 5) is 15.1. The average molecular weight is 443 g/mol. The highest BCUT2D eigenvalue weighted by Crippen LogP contribution is 2.39. The number of amides is 1. The normalized spacial score (nSPS) is 19.1. The predicted octanol–water partition coefficient (Wildman–Crippen LogP) is 3.62. The molecule has 1 saturated carbocycles. The summed E-state index contributed by atoms with van der Waals surface area (Å²) in [5.41, 5.74) is 3.88. The Hall–Kier alpha value is -2.44. The van der Waals surface area contributed by atoms with Gasteiger partial charge in [0.1, 0.15) is 5.82 Å². The zero-order valence-corrected chi connectivity index (χ0v) is 19.0. The van der Waals surface area contributed by atoms with Gasteiger partial charge in [-0.3, -0.25) is 4.79 Å². The summed E-state index contributed by atoms with van der Waals surface area (Å²) in [5, 5.41) is 10.3. The Labute approximate surface area is 189 Å². The molecule has 1 fully saturated rings. The molecule has 31 heavy (non-hydrogen) atoms. The molecule has 7 heteroatoms. The second kappa shape index (κ2) is 9.79. The number of likely N-dealkylation sites (N-methyl/N-ethyl adjacent to an activating group) is 1. The molecule has 2 heterocycles. The zero-order chi connectivity index (χ0) is 21.8. The number of rotatable bonds is 7. The number of nitrogens with one attached hydrogen (secondary N) is 3. The second-order valence-corrected chi connectivity index (χ2v) is 8.76. The van der Waals surface area contributed by atoms with E-state index in [1.54, 1.807) is 0 Å². The van der Waals surface area contributed by atoms with Crippen molar-refractivity contribution in [2.75, 3.05) is 26.9 Å². The molecule has 0 bridgehead atoms. The van der Waals surface area contributed by atoms with E-state index < -0.39 is 0 Å². The largest absolute Gasteiger partial charge is 0.471 e. The highest BCUT2D eigenvalue weighted by molar-refractivity contribution is 6.33. The molecular weight excluding hydrogens is 412 g/mol. The first-order chi connectivity index (χ1) is 15.1. The minimum atomic E-state index is 0.0480. The minimum absolute atomic E-state index is 0.0480. The number of fused-ring (bicyclic) bond motifs is 1. The second-order valence-electron chi connectivity index (χ2n) is 8.38. The van der Waals surface area contributed by atoms with Gasteiger partial charge in [0, 0.05) is 19.1 Å². The van der Waals surface area contributed by atoms with Crippen LogP contribution in [0.15, 0.2) is 41.9 Å². The summed E-state index contributed by atoms with van der Waals surface area (Å²) in [6.07, 6.45) is 13.3. The van der Waals surface area contributed by atoms with E-state index in [0.717, 1.165) is 49.3 Å². The van der Waals surface area contributed by atoms with Crippen LogP contribution in [-0.2, 0) is 6.42 Å². The maximum absolute atomic E-state index is 13.2. The zero-order valence-electron chi connectivity index (χ0n) is 18.3. The van der Waals surface area contributed by atoms with Gasteiger partial charge in [-0.05, 0) is 68.3 Å². The number of hydrogen-bond donors (Lipinski definition) is 3. The molecule has 6 nitrogen and oxygen atoms in total. The Kier molecular flexibility index (Phi) is 6.88. The maximum atomic E-state index is 13.2. The van der Waals surface area contributed by atoms with Crippen LogP contribution in [-0.4, -0.2) is 43.7 Å². The fourth-order valence-corrected chi connectivity index (χ4v) is 4.69. The topological polar surface area (TPSA) is 65.6 Å². The summed E-state index contributed by atoms with van der Waals surface area (Å²) < 4.78 is 5.96. The number of halogens is 1. The van der Waals surface area contributed by atoms with Crippen LogP contribution in [0, 0.1) is 6.92 Å². The van der Waals surface area contributed by atoms with Crippen LogP contribution in [0.5, 0.6) is 5.75 Å². The van der Waals surface area contributed by atoms with E-state index in [2.05, 4.69) is 22.0 Å². The van der Waals surface area contributed by atoms with Crippen molar-refractivity contribution in [3.8, 4) is 5.75 Å². The summed E-state index contributed by atoms with van der Waals surface area (Å²) in [5.74, 6) is 1.55. The standard InChI is InChI=1S/C24H31ClN4O2/c1-16-18(12-17-8-9-21(28-14-17)27-11-5-10-26-2)13-20-23(22(16)25)31-15-29(24(20)30)19-6-3-4-7-19/h5,8-9,11,13,19,26-28H,3-4,6-7,10,12,14-15H2,1-2H3/b11-5-. The van der Waals surface area contributed by atoms with Gasteiger partial charge in [-0.2, -0.15) is 0 Å². The van der Waals surface area contributed by atoms with Gasteiger partial charge in [0.15, 0.2) is 12.5 Å². The maximum Gasteiger partial charge on any atom is 0.260 e. The van der Waals surface area contributed by atoms with Gasteiger partial charge < -0.3 is 25.6 Å². The van der Waals surface area contributed by atoms with Gasteiger partial charge >= 0.3 is 0 Å². The lowest BCUT2D eigenvalue weighted by atomic mass is 9.95. The van der Waals surface area contributed by atoms with Gasteiger partial charge in [0.2, 0.25) is 0 Å². The van der Waals surface area contributed by atoms with E-state index in [1.807, 2.05) is 43.3 Å². The van der Waals surface area contributed by atoms with Crippen molar-refractivity contribution >= 4 is 17.5 Å². The fraction of sp³-hybridized carbons (Fsp3) is 0.458. The molecule has 3 aliphatic rings. The van der Waals surface area contributed by atoms with Crippen molar-refractivity contribution in [3.63, 3.8) is 0 Å². The molecule has 1 aromatic carbocycles. The van der Waals surface area contributed by atoms with E-state index in [9.17, 15) is 4.79 Å². The highest BCUT2D eigenvalue weighted by atomic mass is 35.5. The first-order valence-electron chi connectivity index (χ1n) is 11.0. The predicted molar refractivity (Wildman–Crippen MR) is 124 cm³/mol. The van der Waals surface area contributed by atoms with Gasteiger partial charge in [-0.1, -0.05) is 36.6 Å². The first kappa shape index (κ1) is 21.8. The van der Waals surface area contributed by atoms with E-state index in [0.29, 0.717) is 23.1 Å². The van der Waals surface area contributed by atoms with Gasteiger partial charge in [-0.15, -0.1) is 0 Å². The SMILES string of the molecule is CNC/C=C\NC1=CC=C(Cc2cc3c(c(Cl)c2C)OCN(C2CCCC2)C3=O)CN1. The summed E-state index contributed by atoms with van der Waals surface area (Å²) in [6.45, 7) is 3.86. The van der Waals surface area contributed by atoms with Crippen molar-refractivity contribution in [2.45, 2.75) is 45.1 Å². The third-order valence-corrected chi connectivity index (χ3v) is 6.72. The Morgan fingerprint density at radius 2 is 2.13 bits per heavy atom. The lowest BCUT2D eigenvalue weighted by Gasteiger charge is -2.34. The number of allylic oxidation sites excluding steroid dienone is 2. The van der Waals surface area contributed by atoms with E-state index in [4.69, 9.17) is 16.3 Å². The number of carbonyl (C=O) groups is 1. The lowest BCUT2D eigenvalue weighted by Crippen LogP contribution is -2.44. The first-order valence-corrected chi connectivity index (χ1v) is 11.4. The molecule has 1 aromatic rings. The molecule has 0 radical (unpaired) electrons. The third kappa shape index (κ3) is 4.75. The average Bonchev–Trinajstić information content (AvgIpc) is 3.31. The van der Waals surface area contributed by atoms with Crippen molar-refractivity contribution in [3.05, 3.63) is 63.6 Å². The Bertz CT molecular complexity index is 932. The Balaban J connectivity index is 1.51. The van der Waals surface area contributed by atoms with Gasteiger partial charge in [0.05, 0.1) is 10.6 Å². The monoisotopic (exact) mass is 442 g/mol. The Morgan fingerprint density at radius 1 is 1.32 bits per heavy atom. The van der Waals surface area contributed by atoms with Crippen molar-refractivity contribution < 1.29 is 9.53 Å². The molecule has 0 atom stereocenters. The van der Waals surface area contributed by atoms with Gasteiger partial charge in [0.25, 0.3) is 5.91 Å². The summed E-state index contributed by atoms with van der Waals surface area (Å²) in [6, 6.07) is 2.27. The Morgan fingerprint density at radius 3 is 2.84 bits per heavy atom. The van der Waals surface area contributed by atoms with E-state index in [-0.39, 0.29) is 11.9 Å². The number of nitrogens with zero attached hydrogens (tertiary/aromatic N) is 1. The van der Waals surface area contributed by atoms with Gasteiger partial charge in [-0.25, -0.2) is 0 Å². The molecular formula is C24H31ClN4O2. The molecule has 1 aliphatic carbocycles. The van der Waals surface area contributed by atoms with Crippen LogP contribution in [0.1, 0.15) is 47.2 Å². The molecule has 1 amide bonds. The van der Waals surface area contributed by atoms with Crippen LogP contribution >= 0.6 is 11.6 Å². The van der Waals surface area contributed by atoms with Crippen LogP contribution in [0.25, 0.3) is 0 Å². The van der Waals surface area contributed by atoms with Crippen LogP contribution < -0.4 is 20.7 Å². The molecule has 0 spiro atoms. The number of benzene rings is 1. The fourth-order valence-electron chi connectivity index (χ4n) is 4.41. The van der Waals surface area contributed by atoms with Crippen LogP contribution in [0.2, 0.25) is 5.02 Å².